The highest BCUT2D eigenvalue weighted by Gasteiger charge is 2.19. The van der Waals surface area contributed by atoms with E-state index in [1.165, 1.54) is 18.3 Å². The molecule has 0 aliphatic heterocycles. The van der Waals surface area contributed by atoms with E-state index in [0.717, 1.165) is 5.56 Å². The first kappa shape index (κ1) is 14.8. The molecule has 1 aromatic heterocycles. The van der Waals surface area contributed by atoms with Crippen molar-refractivity contribution in [1.29, 1.82) is 0 Å². The minimum atomic E-state index is -3.83. The van der Waals surface area contributed by atoms with Crippen LogP contribution in [0.4, 0.5) is 5.69 Å². The van der Waals surface area contributed by atoms with Gasteiger partial charge in [0.2, 0.25) is 0 Å². The van der Waals surface area contributed by atoms with E-state index in [4.69, 9.17) is 16.7 Å². The van der Waals surface area contributed by atoms with E-state index in [1.807, 2.05) is 0 Å². The van der Waals surface area contributed by atoms with Gasteiger partial charge in [0, 0.05) is 6.20 Å². The number of sulfonamides is 1. The second-order valence-electron chi connectivity index (χ2n) is 4.22. The molecule has 1 heterocycles. The average molecular weight is 313 g/mol. The van der Waals surface area contributed by atoms with Gasteiger partial charge < -0.3 is 5.11 Å². The standard InChI is InChI=1S/C13H13ClN2O3S/c1-9-4-5-15-7-12(9)16-20(18,19)13-6-10(8-17)2-3-11(13)14/h2-7,16-17H,8H2,1H3. The van der Waals surface area contributed by atoms with E-state index in [0.29, 0.717) is 11.3 Å². The van der Waals surface area contributed by atoms with Crippen molar-refractivity contribution in [3.05, 3.63) is 52.8 Å². The van der Waals surface area contributed by atoms with Gasteiger partial charge in [0.15, 0.2) is 0 Å². The summed E-state index contributed by atoms with van der Waals surface area (Å²) in [6, 6.07) is 6.05. The van der Waals surface area contributed by atoms with Crippen LogP contribution in [0.2, 0.25) is 5.02 Å². The lowest BCUT2D eigenvalue weighted by Crippen LogP contribution is -2.14. The number of nitrogens with zero attached hydrogens (tertiary/aromatic N) is 1. The van der Waals surface area contributed by atoms with Gasteiger partial charge in [-0.05, 0) is 36.2 Å². The molecule has 5 nitrogen and oxygen atoms in total. The van der Waals surface area contributed by atoms with Crippen LogP contribution in [-0.2, 0) is 16.6 Å². The molecule has 0 aliphatic rings. The van der Waals surface area contributed by atoms with Gasteiger partial charge in [-0.3, -0.25) is 9.71 Å². The van der Waals surface area contributed by atoms with Crippen LogP contribution in [0.5, 0.6) is 0 Å². The number of nitrogens with one attached hydrogen (secondary N) is 1. The Bertz CT molecular complexity index is 732. The second kappa shape index (κ2) is 5.78. The Hall–Kier alpha value is -1.63. The Labute approximate surface area is 122 Å². The predicted molar refractivity (Wildman–Crippen MR) is 77.2 cm³/mol. The van der Waals surface area contributed by atoms with Crippen molar-refractivity contribution < 1.29 is 13.5 Å². The zero-order valence-corrected chi connectivity index (χ0v) is 12.2. The molecule has 0 saturated heterocycles. The maximum Gasteiger partial charge on any atom is 0.263 e. The maximum absolute atomic E-state index is 12.3. The summed E-state index contributed by atoms with van der Waals surface area (Å²) in [5.74, 6) is 0. The van der Waals surface area contributed by atoms with Crippen molar-refractivity contribution in [1.82, 2.24) is 4.98 Å². The predicted octanol–water partition coefficient (Wildman–Crippen LogP) is 2.34. The lowest BCUT2D eigenvalue weighted by Gasteiger charge is -2.11. The third-order valence-electron chi connectivity index (χ3n) is 2.75. The van der Waals surface area contributed by atoms with Gasteiger partial charge in [0.05, 0.1) is 23.5 Å². The number of benzene rings is 1. The molecule has 7 heteroatoms. The molecule has 2 N–H and O–H groups in total. The Morgan fingerprint density at radius 1 is 1.35 bits per heavy atom. The second-order valence-corrected chi connectivity index (χ2v) is 6.28. The van der Waals surface area contributed by atoms with Gasteiger partial charge in [0.25, 0.3) is 10.0 Å². The number of aliphatic hydroxyl groups excluding tert-OH is 1. The first-order valence-corrected chi connectivity index (χ1v) is 7.63. The summed E-state index contributed by atoms with van der Waals surface area (Å²) in [5.41, 5.74) is 1.61. The number of aryl methyl sites for hydroxylation is 1. The summed E-state index contributed by atoms with van der Waals surface area (Å²) < 4.78 is 27.1. The molecule has 0 fully saturated rings. The van der Waals surface area contributed by atoms with Crippen LogP contribution < -0.4 is 4.72 Å². The van der Waals surface area contributed by atoms with Crippen molar-refractivity contribution in [2.75, 3.05) is 4.72 Å². The maximum atomic E-state index is 12.3. The van der Waals surface area contributed by atoms with Crippen LogP contribution in [0.25, 0.3) is 0 Å². The molecule has 0 bridgehead atoms. The molecule has 0 amide bonds. The number of aliphatic hydroxyl groups is 1. The lowest BCUT2D eigenvalue weighted by atomic mass is 10.2. The molecular weight excluding hydrogens is 300 g/mol. The molecular formula is C13H13ClN2O3S. The minimum absolute atomic E-state index is 0.0750. The van der Waals surface area contributed by atoms with Gasteiger partial charge in [-0.2, -0.15) is 0 Å². The topological polar surface area (TPSA) is 79.3 Å². The van der Waals surface area contributed by atoms with Crippen LogP contribution in [0, 0.1) is 6.92 Å². The fourth-order valence-electron chi connectivity index (χ4n) is 1.62. The average Bonchev–Trinajstić information content (AvgIpc) is 2.41. The number of anilines is 1. The number of hydrogen-bond donors (Lipinski definition) is 2. The summed E-state index contributed by atoms with van der Waals surface area (Å²) >= 11 is 5.93. The first-order valence-electron chi connectivity index (χ1n) is 5.77. The summed E-state index contributed by atoms with van der Waals surface area (Å²) in [6.07, 6.45) is 3.00. The highest BCUT2D eigenvalue weighted by atomic mass is 35.5. The van der Waals surface area contributed by atoms with E-state index in [-0.39, 0.29) is 16.5 Å². The Balaban J connectivity index is 2.43. The molecule has 0 saturated carbocycles. The van der Waals surface area contributed by atoms with Crippen molar-refractivity contribution in [2.24, 2.45) is 0 Å². The van der Waals surface area contributed by atoms with Gasteiger partial charge in [-0.25, -0.2) is 8.42 Å². The fraction of sp³-hybridized carbons (Fsp3) is 0.154. The Morgan fingerprint density at radius 3 is 2.75 bits per heavy atom. The monoisotopic (exact) mass is 312 g/mol. The van der Waals surface area contributed by atoms with E-state index in [9.17, 15) is 8.42 Å². The third kappa shape index (κ3) is 3.09. The highest BCUT2D eigenvalue weighted by molar-refractivity contribution is 7.92. The number of rotatable bonds is 4. The molecule has 0 radical (unpaired) electrons. The van der Waals surface area contributed by atoms with Crippen LogP contribution >= 0.6 is 11.6 Å². The highest BCUT2D eigenvalue weighted by Crippen LogP contribution is 2.25. The Kier molecular flexibility index (Phi) is 4.27. The van der Waals surface area contributed by atoms with E-state index in [2.05, 4.69) is 9.71 Å². The molecule has 2 rings (SSSR count). The van der Waals surface area contributed by atoms with Gasteiger partial charge in [0.1, 0.15) is 4.90 Å². The normalized spacial score (nSPS) is 11.3. The molecule has 0 atom stereocenters. The summed E-state index contributed by atoms with van der Waals surface area (Å²) in [7, 11) is -3.83. The number of aromatic nitrogens is 1. The van der Waals surface area contributed by atoms with Crippen molar-refractivity contribution in [3.8, 4) is 0 Å². The zero-order valence-electron chi connectivity index (χ0n) is 10.7. The molecule has 0 spiro atoms. The minimum Gasteiger partial charge on any atom is -0.392 e. The van der Waals surface area contributed by atoms with Crippen molar-refractivity contribution in [2.45, 2.75) is 18.4 Å². The number of halogens is 1. The van der Waals surface area contributed by atoms with Crippen LogP contribution in [-0.4, -0.2) is 18.5 Å². The first-order chi connectivity index (χ1) is 9.44. The largest absolute Gasteiger partial charge is 0.392 e. The number of hydrogen-bond acceptors (Lipinski definition) is 4. The zero-order chi connectivity index (χ0) is 14.8. The summed E-state index contributed by atoms with van der Waals surface area (Å²) in [5, 5.41) is 9.18. The van der Waals surface area contributed by atoms with Crippen LogP contribution in [0.1, 0.15) is 11.1 Å². The fourth-order valence-corrected chi connectivity index (χ4v) is 3.29. The summed E-state index contributed by atoms with van der Waals surface area (Å²) in [4.78, 5) is 3.80. The molecule has 0 unspecified atom stereocenters. The smallest absolute Gasteiger partial charge is 0.263 e. The van der Waals surface area contributed by atoms with Crippen molar-refractivity contribution >= 4 is 27.3 Å². The SMILES string of the molecule is Cc1ccncc1NS(=O)(=O)c1cc(CO)ccc1Cl. The van der Waals surface area contributed by atoms with Crippen LogP contribution in [0.15, 0.2) is 41.6 Å². The van der Waals surface area contributed by atoms with E-state index in [1.54, 1.807) is 25.3 Å². The van der Waals surface area contributed by atoms with Crippen LogP contribution in [0.3, 0.4) is 0 Å². The lowest BCUT2D eigenvalue weighted by molar-refractivity contribution is 0.281. The molecule has 1 aromatic carbocycles. The van der Waals surface area contributed by atoms with Crippen molar-refractivity contribution in [3.63, 3.8) is 0 Å². The molecule has 106 valence electrons. The van der Waals surface area contributed by atoms with Gasteiger partial charge in [-0.1, -0.05) is 17.7 Å². The quantitative estimate of drug-likeness (QED) is 0.908. The molecule has 0 aliphatic carbocycles. The molecule has 20 heavy (non-hydrogen) atoms. The van der Waals surface area contributed by atoms with E-state index < -0.39 is 10.0 Å². The third-order valence-corrected chi connectivity index (χ3v) is 4.60. The number of pyridine rings is 1. The summed E-state index contributed by atoms with van der Waals surface area (Å²) in [6.45, 7) is 1.51. The van der Waals surface area contributed by atoms with Gasteiger partial charge >= 0.3 is 0 Å². The molecule has 2 aromatic rings. The Morgan fingerprint density at radius 2 is 2.10 bits per heavy atom. The van der Waals surface area contributed by atoms with E-state index >= 15 is 0 Å². The van der Waals surface area contributed by atoms with Gasteiger partial charge in [-0.15, -0.1) is 0 Å².